The van der Waals surface area contributed by atoms with Gasteiger partial charge in [-0.05, 0) is 25.5 Å². The van der Waals surface area contributed by atoms with E-state index in [1.807, 2.05) is 24.3 Å². The van der Waals surface area contributed by atoms with Gasteiger partial charge in [0.15, 0.2) is 0 Å². The van der Waals surface area contributed by atoms with Crippen LogP contribution >= 0.6 is 0 Å². The molecule has 2 rings (SSSR count). The lowest BCUT2D eigenvalue weighted by Gasteiger charge is -2.13. The molecule has 1 heterocycles. The summed E-state index contributed by atoms with van der Waals surface area (Å²) < 4.78 is 11.1. The number of oxime groups is 1. The lowest BCUT2D eigenvalue weighted by atomic mass is 10.1. The number of benzene rings is 1. The normalized spacial score (nSPS) is 20.5. The fraction of sp³-hybridized carbons (Fsp3) is 0.462. The molecule has 0 aliphatic carbocycles. The number of ether oxygens (including phenoxy) is 2. The lowest BCUT2D eigenvalue weighted by molar-refractivity contribution is 0.167. The first-order valence-corrected chi connectivity index (χ1v) is 5.80. The van der Waals surface area contributed by atoms with Crippen LogP contribution in [0.25, 0.3) is 0 Å². The van der Waals surface area contributed by atoms with Crippen LogP contribution in [0.3, 0.4) is 0 Å². The number of hydrogen-bond acceptors (Lipinski definition) is 4. The van der Waals surface area contributed by atoms with Crippen LogP contribution in [0.1, 0.15) is 18.9 Å². The van der Waals surface area contributed by atoms with E-state index in [0.29, 0.717) is 18.2 Å². The highest BCUT2D eigenvalue weighted by Gasteiger charge is 2.17. The van der Waals surface area contributed by atoms with Crippen molar-refractivity contribution >= 4 is 5.71 Å². The van der Waals surface area contributed by atoms with Crippen molar-refractivity contribution in [2.75, 3.05) is 19.8 Å². The molecule has 4 nitrogen and oxygen atoms in total. The Morgan fingerprint density at radius 2 is 2.35 bits per heavy atom. The minimum atomic E-state index is 0.467. The van der Waals surface area contributed by atoms with Crippen LogP contribution in [-0.4, -0.2) is 30.7 Å². The summed E-state index contributed by atoms with van der Waals surface area (Å²) in [5, 5.41) is 12.0. The second kappa shape index (κ2) is 5.68. The maximum Gasteiger partial charge on any atom is 0.128 e. The van der Waals surface area contributed by atoms with E-state index in [4.69, 9.17) is 14.7 Å². The third-order valence-electron chi connectivity index (χ3n) is 2.93. The van der Waals surface area contributed by atoms with Crippen molar-refractivity contribution in [2.24, 2.45) is 11.1 Å². The Bertz CT molecular complexity index is 397. The zero-order valence-corrected chi connectivity index (χ0v) is 9.93. The molecule has 0 bridgehead atoms. The van der Waals surface area contributed by atoms with Gasteiger partial charge >= 0.3 is 0 Å². The van der Waals surface area contributed by atoms with Crippen LogP contribution in [0, 0.1) is 5.92 Å². The Labute approximate surface area is 101 Å². The maximum atomic E-state index is 8.80. The van der Waals surface area contributed by atoms with E-state index in [2.05, 4.69) is 5.16 Å². The molecule has 0 amide bonds. The summed E-state index contributed by atoms with van der Waals surface area (Å²) in [6, 6.07) is 7.58. The molecule has 1 aliphatic heterocycles. The molecule has 1 fully saturated rings. The van der Waals surface area contributed by atoms with E-state index in [9.17, 15) is 0 Å². The van der Waals surface area contributed by atoms with Gasteiger partial charge in [-0.3, -0.25) is 0 Å². The fourth-order valence-electron chi connectivity index (χ4n) is 1.87. The molecule has 1 aromatic carbocycles. The standard InChI is InChI=1S/C13H17NO3/c1-10(14-15)12-4-2-3-5-13(12)17-9-11-6-7-16-8-11/h2-5,11,15H,6-9H2,1H3/b14-10-. The molecule has 1 N–H and O–H groups in total. The fourth-order valence-corrected chi connectivity index (χ4v) is 1.87. The van der Waals surface area contributed by atoms with Crippen molar-refractivity contribution in [3.63, 3.8) is 0 Å². The maximum absolute atomic E-state index is 8.80. The summed E-state index contributed by atoms with van der Waals surface area (Å²) in [5.41, 5.74) is 1.39. The minimum Gasteiger partial charge on any atom is -0.493 e. The Balaban J connectivity index is 2.04. The number of nitrogens with zero attached hydrogens (tertiary/aromatic N) is 1. The average molecular weight is 235 g/mol. The summed E-state index contributed by atoms with van der Waals surface area (Å²) in [6.07, 6.45) is 1.05. The van der Waals surface area contributed by atoms with E-state index in [0.717, 1.165) is 30.9 Å². The van der Waals surface area contributed by atoms with E-state index < -0.39 is 0 Å². The van der Waals surface area contributed by atoms with Gasteiger partial charge in [-0.1, -0.05) is 17.3 Å². The Morgan fingerprint density at radius 1 is 1.53 bits per heavy atom. The highest BCUT2D eigenvalue weighted by atomic mass is 16.5. The molecule has 1 unspecified atom stereocenters. The lowest BCUT2D eigenvalue weighted by Crippen LogP contribution is -2.13. The summed E-state index contributed by atoms with van der Waals surface area (Å²) in [4.78, 5) is 0. The van der Waals surface area contributed by atoms with Crippen LogP contribution in [0.5, 0.6) is 5.75 Å². The summed E-state index contributed by atoms with van der Waals surface area (Å²) in [7, 11) is 0. The first-order chi connectivity index (χ1) is 8.31. The molecule has 4 heteroatoms. The first kappa shape index (κ1) is 11.9. The van der Waals surface area contributed by atoms with Gasteiger partial charge in [0.1, 0.15) is 5.75 Å². The second-order valence-electron chi connectivity index (χ2n) is 4.22. The molecular weight excluding hydrogens is 218 g/mol. The van der Waals surface area contributed by atoms with Crippen LogP contribution in [0.2, 0.25) is 0 Å². The van der Waals surface area contributed by atoms with Gasteiger partial charge in [0.2, 0.25) is 0 Å². The third-order valence-corrected chi connectivity index (χ3v) is 2.93. The topological polar surface area (TPSA) is 51.1 Å². The molecular formula is C13H17NO3. The van der Waals surface area contributed by atoms with Crippen molar-refractivity contribution in [2.45, 2.75) is 13.3 Å². The average Bonchev–Trinajstić information content (AvgIpc) is 2.89. The molecule has 17 heavy (non-hydrogen) atoms. The number of hydrogen-bond donors (Lipinski definition) is 1. The van der Waals surface area contributed by atoms with E-state index >= 15 is 0 Å². The Morgan fingerprint density at radius 3 is 3.06 bits per heavy atom. The van der Waals surface area contributed by atoms with Crippen molar-refractivity contribution in [1.29, 1.82) is 0 Å². The van der Waals surface area contributed by atoms with Gasteiger partial charge in [0.05, 0.1) is 18.9 Å². The van der Waals surface area contributed by atoms with Gasteiger partial charge in [-0.2, -0.15) is 0 Å². The van der Waals surface area contributed by atoms with Crippen molar-refractivity contribution in [3.05, 3.63) is 29.8 Å². The van der Waals surface area contributed by atoms with Gasteiger partial charge in [-0.15, -0.1) is 0 Å². The largest absolute Gasteiger partial charge is 0.493 e. The minimum absolute atomic E-state index is 0.467. The van der Waals surface area contributed by atoms with Crippen LogP contribution in [-0.2, 0) is 4.74 Å². The van der Waals surface area contributed by atoms with E-state index in [-0.39, 0.29) is 0 Å². The molecule has 0 radical (unpaired) electrons. The van der Waals surface area contributed by atoms with Gasteiger partial charge in [0.25, 0.3) is 0 Å². The van der Waals surface area contributed by atoms with Crippen molar-refractivity contribution in [3.8, 4) is 5.75 Å². The van der Waals surface area contributed by atoms with Crippen molar-refractivity contribution in [1.82, 2.24) is 0 Å². The summed E-state index contributed by atoms with van der Waals surface area (Å²) in [5.74, 6) is 1.23. The molecule has 1 atom stereocenters. The zero-order valence-electron chi connectivity index (χ0n) is 9.93. The summed E-state index contributed by atoms with van der Waals surface area (Å²) >= 11 is 0. The molecule has 92 valence electrons. The predicted octanol–water partition coefficient (Wildman–Crippen LogP) is 2.30. The van der Waals surface area contributed by atoms with Gasteiger partial charge < -0.3 is 14.7 Å². The second-order valence-corrected chi connectivity index (χ2v) is 4.22. The highest BCUT2D eigenvalue weighted by Crippen LogP contribution is 2.21. The number of rotatable bonds is 4. The highest BCUT2D eigenvalue weighted by molar-refractivity contribution is 6.00. The molecule has 0 aromatic heterocycles. The van der Waals surface area contributed by atoms with Crippen LogP contribution in [0.4, 0.5) is 0 Å². The predicted molar refractivity (Wildman–Crippen MR) is 64.9 cm³/mol. The monoisotopic (exact) mass is 235 g/mol. The van der Waals surface area contributed by atoms with Crippen molar-refractivity contribution < 1.29 is 14.7 Å². The zero-order chi connectivity index (χ0) is 12.1. The third kappa shape index (κ3) is 2.97. The van der Waals surface area contributed by atoms with Gasteiger partial charge in [-0.25, -0.2) is 0 Å². The Hall–Kier alpha value is -1.55. The Kier molecular flexibility index (Phi) is 3.98. The van der Waals surface area contributed by atoms with Gasteiger partial charge in [0, 0.05) is 18.1 Å². The smallest absolute Gasteiger partial charge is 0.128 e. The van der Waals surface area contributed by atoms with E-state index in [1.165, 1.54) is 0 Å². The van der Waals surface area contributed by atoms with Crippen LogP contribution < -0.4 is 4.74 Å². The molecule has 0 saturated carbocycles. The number of para-hydroxylation sites is 1. The molecule has 1 saturated heterocycles. The van der Waals surface area contributed by atoms with Crippen LogP contribution in [0.15, 0.2) is 29.4 Å². The first-order valence-electron chi connectivity index (χ1n) is 5.80. The molecule has 1 aromatic rings. The quantitative estimate of drug-likeness (QED) is 0.495. The van der Waals surface area contributed by atoms with E-state index in [1.54, 1.807) is 6.92 Å². The molecule has 0 spiro atoms. The molecule has 1 aliphatic rings. The summed E-state index contributed by atoms with van der Waals surface area (Å²) in [6.45, 7) is 4.00. The SMILES string of the molecule is C/C(=N/O)c1ccccc1OCC1CCOC1.